The Morgan fingerprint density at radius 1 is 1.24 bits per heavy atom. The molecule has 1 saturated heterocycles. The Morgan fingerprint density at radius 3 is 2.68 bits per heavy atom. The highest BCUT2D eigenvalue weighted by Gasteiger charge is 2.39. The van der Waals surface area contributed by atoms with Gasteiger partial charge in [-0.3, -0.25) is 9.69 Å². The maximum atomic E-state index is 13.1. The molecule has 0 spiro atoms. The lowest BCUT2D eigenvalue weighted by Gasteiger charge is -2.35. The summed E-state index contributed by atoms with van der Waals surface area (Å²) < 4.78 is 10.8. The Labute approximate surface area is 150 Å². The molecular weight excluding hydrogens is 316 g/mol. The van der Waals surface area contributed by atoms with Gasteiger partial charge in [-0.2, -0.15) is 0 Å². The summed E-state index contributed by atoms with van der Waals surface area (Å²) in [5.41, 5.74) is 1.73. The molecule has 1 aliphatic carbocycles. The van der Waals surface area contributed by atoms with Crippen molar-refractivity contribution >= 4 is 5.91 Å². The second-order valence-electron chi connectivity index (χ2n) is 7.30. The summed E-state index contributed by atoms with van der Waals surface area (Å²) >= 11 is 0. The van der Waals surface area contributed by atoms with Gasteiger partial charge in [-0.05, 0) is 56.4 Å². The van der Waals surface area contributed by atoms with Crippen molar-refractivity contribution in [3.63, 3.8) is 0 Å². The van der Waals surface area contributed by atoms with Gasteiger partial charge < -0.3 is 14.4 Å². The quantitative estimate of drug-likeness (QED) is 0.822. The average Bonchev–Trinajstić information content (AvgIpc) is 3.28. The van der Waals surface area contributed by atoms with E-state index in [9.17, 15) is 4.79 Å². The molecule has 138 valence electrons. The Bertz CT molecular complexity index is 619. The molecule has 3 rings (SSSR count). The summed E-state index contributed by atoms with van der Waals surface area (Å²) in [6.07, 6.45) is 4.86. The number of amides is 1. The molecule has 0 radical (unpaired) electrons. The molecule has 5 nitrogen and oxygen atoms in total. The van der Waals surface area contributed by atoms with Crippen molar-refractivity contribution in [1.82, 2.24) is 9.80 Å². The number of nitrogens with zero attached hydrogens (tertiary/aromatic N) is 2. The zero-order chi connectivity index (χ0) is 18.0. The molecule has 2 aliphatic rings. The van der Waals surface area contributed by atoms with Crippen LogP contribution in [0.3, 0.4) is 0 Å². The molecule has 3 atom stereocenters. The highest BCUT2D eigenvalue weighted by atomic mass is 16.5. The number of aryl methyl sites for hydroxylation is 1. The second kappa shape index (κ2) is 7.75. The van der Waals surface area contributed by atoms with Crippen LogP contribution >= 0.6 is 0 Å². The van der Waals surface area contributed by atoms with Crippen LogP contribution in [0.25, 0.3) is 0 Å². The Hall–Kier alpha value is -1.59. The zero-order valence-electron chi connectivity index (χ0n) is 15.8. The first kappa shape index (κ1) is 18.2. The molecule has 1 heterocycles. The molecule has 2 fully saturated rings. The molecule has 25 heavy (non-hydrogen) atoms. The highest BCUT2D eigenvalue weighted by Crippen LogP contribution is 2.32. The fraction of sp³-hybridized carbons (Fsp3) is 0.650. The van der Waals surface area contributed by atoms with E-state index in [1.807, 2.05) is 37.1 Å². The number of ether oxygens (including phenoxy) is 2. The van der Waals surface area contributed by atoms with Crippen molar-refractivity contribution in [3.8, 4) is 5.75 Å². The van der Waals surface area contributed by atoms with E-state index in [4.69, 9.17) is 9.47 Å². The van der Waals surface area contributed by atoms with Gasteiger partial charge in [0.1, 0.15) is 5.75 Å². The summed E-state index contributed by atoms with van der Waals surface area (Å²) in [7, 11) is 5.40. The lowest BCUT2D eigenvalue weighted by atomic mass is 10.0. The Morgan fingerprint density at radius 2 is 2.04 bits per heavy atom. The lowest BCUT2D eigenvalue weighted by molar-refractivity contribution is 0.0604. The second-order valence-corrected chi connectivity index (χ2v) is 7.30. The molecule has 0 aromatic heterocycles. The van der Waals surface area contributed by atoms with E-state index in [1.165, 1.54) is 12.8 Å². The molecule has 0 N–H and O–H groups in total. The fourth-order valence-electron chi connectivity index (χ4n) is 4.39. The number of methoxy groups -OCH3 is 2. The van der Waals surface area contributed by atoms with E-state index in [0.29, 0.717) is 12.1 Å². The third-order valence-electron chi connectivity index (χ3n) is 5.90. The maximum Gasteiger partial charge on any atom is 0.254 e. The van der Waals surface area contributed by atoms with Gasteiger partial charge in [-0.25, -0.2) is 0 Å². The van der Waals surface area contributed by atoms with Crippen molar-refractivity contribution in [2.75, 3.05) is 34.4 Å². The minimum absolute atomic E-state index is 0.111. The first-order valence-corrected chi connectivity index (χ1v) is 9.23. The van der Waals surface area contributed by atoms with Crippen LogP contribution < -0.4 is 4.74 Å². The van der Waals surface area contributed by atoms with Crippen LogP contribution in [0.4, 0.5) is 0 Å². The van der Waals surface area contributed by atoms with Gasteiger partial charge in [0.05, 0.1) is 13.2 Å². The van der Waals surface area contributed by atoms with Gasteiger partial charge >= 0.3 is 0 Å². The number of rotatable bonds is 5. The van der Waals surface area contributed by atoms with Crippen molar-refractivity contribution in [2.24, 2.45) is 0 Å². The largest absolute Gasteiger partial charge is 0.497 e. The molecule has 1 unspecified atom stereocenters. The predicted octanol–water partition coefficient (Wildman–Crippen LogP) is 2.72. The molecule has 1 aromatic carbocycles. The van der Waals surface area contributed by atoms with Crippen LogP contribution in [0, 0.1) is 6.92 Å². The molecule has 1 aromatic rings. The monoisotopic (exact) mass is 346 g/mol. The van der Waals surface area contributed by atoms with Crippen LogP contribution in [0.15, 0.2) is 18.2 Å². The molecule has 0 bridgehead atoms. The van der Waals surface area contributed by atoms with Crippen LogP contribution in [0.1, 0.15) is 41.6 Å². The first-order chi connectivity index (χ1) is 12.0. The van der Waals surface area contributed by atoms with Crippen LogP contribution in [-0.4, -0.2) is 68.3 Å². The Kier molecular flexibility index (Phi) is 5.64. The SMILES string of the molecule is COc1ccc(C(=O)N(C)[C@@H]2CCC[C@@H]2N2CCC(OC)C2)c(C)c1. The van der Waals surface area contributed by atoms with Crippen LogP contribution in [0.2, 0.25) is 0 Å². The number of benzene rings is 1. The molecule has 1 saturated carbocycles. The predicted molar refractivity (Wildman–Crippen MR) is 98.2 cm³/mol. The molecule has 1 aliphatic heterocycles. The van der Waals surface area contributed by atoms with Crippen LogP contribution in [0.5, 0.6) is 5.75 Å². The maximum absolute atomic E-state index is 13.1. The molecule has 5 heteroatoms. The molecule has 1 amide bonds. The first-order valence-electron chi connectivity index (χ1n) is 9.23. The van der Waals surface area contributed by atoms with E-state index in [1.54, 1.807) is 14.2 Å². The van der Waals surface area contributed by atoms with Crippen LogP contribution in [-0.2, 0) is 4.74 Å². The standard InChI is InChI=1S/C20H30N2O3/c1-14-12-15(24-3)8-9-17(14)20(23)21(2)18-6-5-7-19(18)22-11-10-16(13-22)25-4/h8-9,12,16,18-19H,5-7,10-11,13H2,1-4H3/t16?,18-,19+/m1/s1. The smallest absolute Gasteiger partial charge is 0.254 e. The minimum Gasteiger partial charge on any atom is -0.497 e. The summed E-state index contributed by atoms with van der Waals surface area (Å²) in [6, 6.07) is 6.41. The van der Waals surface area contributed by atoms with Crippen molar-refractivity contribution in [2.45, 2.75) is 50.8 Å². The van der Waals surface area contributed by atoms with Gasteiger partial charge in [-0.1, -0.05) is 0 Å². The molecular formula is C20H30N2O3. The lowest BCUT2D eigenvalue weighted by Crippen LogP contribution is -2.49. The number of carbonyl (C=O) groups is 1. The number of likely N-dealkylation sites (N-methyl/N-ethyl adjacent to an activating group) is 1. The van der Waals surface area contributed by atoms with Gasteiger partial charge in [0.15, 0.2) is 0 Å². The van der Waals surface area contributed by atoms with E-state index in [-0.39, 0.29) is 11.9 Å². The third kappa shape index (κ3) is 3.67. The fourth-order valence-corrected chi connectivity index (χ4v) is 4.39. The zero-order valence-corrected chi connectivity index (χ0v) is 15.8. The summed E-state index contributed by atoms with van der Waals surface area (Å²) in [5.74, 6) is 0.901. The van der Waals surface area contributed by atoms with Crippen molar-refractivity contribution in [3.05, 3.63) is 29.3 Å². The summed E-state index contributed by atoms with van der Waals surface area (Å²) in [5, 5.41) is 0. The van der Waals surface area contributed by atoms with Gasteiger partial charge in [0.25, 0.3) is 5.91 Å². The Balaban J connectivity index is 1.73. The highest BCUT2D eigenvalue weighted by molar-refractivity contribution is 5.96. The number of hydrogen-bond donors (Lipinski definition) is 0. The van der Waals surface area contributed by atoms with E-state index in [2.05, 4.69) is 4.90 Å². The topological polar surface area (TPSA) is 42.0 Å². The van der Waals surface area contributed by atoms with E-state index < -0.39 is 0 Å². The number of hydrogen-bond acceptors (Lipinski definition) is 4. The third-order valence-corrected chi connectivity index (χ3v) is 5.90. The van der Waals surface area contributed by atoms with Crippen molar-refractivity contribution < 1.29 is 14.3 Å². The normalized spacial score (nSPS) is 26.8. The summed E-state index contributed by atoms with van der Waals surface area (Å²) in [6.45, 7) is 4.03. The number of likely N-dealkylation sites (tertiary alicyclic amines) is 1. The van der Waals surface area contributed by atoms with E-state index in [0.717, 1.165) is 42.8 Å². The minimum atomic E-state index is 0.111. The van der Waals surface area contributed by atoms with Crippen molar-refractivity contribution in [1.29, 1.82) is 0 Å². The van der Waals surface area contributed by atoms with Gasteiger partial charge in [-0.15, -0.1) is 0 Å². The van der Waals surface area contributed by atoms with Gasteiger partial charge in [0, 0.05) is 44.9 Å². The average molecular weight is 346 g/mol. The van der Waals surface area contributed by atoms with E-state index >= 15 is 0 Å². The number of carbonyl (C=O) groups excluding carboxylic acids is 1. The van der Waals surface area contributed by atoms with Gasteiger partial charge in [0.2, 0.25) is 0 Å². The summed E-state index contributed by atoms with van der Waals surface area (Å²) in [4.78, 5) is 17.6.